The number of hydrogen-bond acceptors (Lipinski definition) is 5. The summed E-state index contributed by atoms with van der Waals surface area (Å²) in [6.45, 7) is 0. The first-order chi connectivity index (χ1) is 16.9. The number of rotatable bonds is 8. The molecule has 1 aliphatic carbocycles. The van der Waals surface area contributed by atoms with Crippen molar-refractivity contribution >= 4 is 56.8 Å². The molecule has 178 valence electrons. The van der Waals surface area contributed by atoms with Crippen LogP contribution in [0, 0.1) is 0 Å². The van der Waals surface area contributed by atoms with Gasteiger partial charge in [0.15, 0.2) is 4.34 Å². The molecule has 4 aromatic rings. The van der Waals surface area contributed by atoms with Gasteiger partial charge >= 0.3 is 5.97 Å². The van der Waals surface area contributed by atoms with Crippen molar-refractivity contribution in [3.8, 4) is 11.1 Å². The van der Waals surface area contributed by atoms with Crippen LogP contribution in [0.25, 0.3) is 21.3 Å². The van der Waals surface area contributed by atoms with Crippen LogP contribution in [0.4, 0.5) is 0 Å². The molecule has 0 aliphatic heterocycles. The first kappa shape index (κ1) is 23.9. The molecule has 0 spiro atoms. The Morgan fingerprint density at radius 3 is 2.54 bits per heavy atom. The van der Waals surface area contributed by atoms with Gasteiger partial charge in [0, 0.05) is 30.0 Å². The summed E-state index contributed by atoms with van der Waals surface area (Å²) >= 11 is 9.27. The quantitative estimate of drug-likeness (QED) is 0.212. The number of carbonyl (C=O) groups is 2. The Labute approximate surface area is 216 Å². The Balaban J connectivity index is 1.19. The molecule has 1 heterocycles. The Hall–Kier alpha value is -2.87. The van der Waals surface area contributed by atoms with Gasteiger partial charge in [-0.25, -0.2) is 9.78 Å². The molecule has 1 atom stereocenters. The molecule has 0 radical (unpaired) electrons. The standard InChI is InChI=1S/C27H23ClN2O3S2/c28-21-11-9-17(10-12-21)18-7-8-19-15-27(25(32)33,16-20(19)14-18)30-24(31)6-3-13-34-26-29-22-4-1-2-5-23(22)35-26/h1-2,4-5,7-12,14H,3,6,13,15-16H2,(H,30,31)(H,32,33). The first-order valence-electron chi connectivity index (χ1n) is 11.3. The van der Waals surface area contributed by atoms with Crippen molar-refractivity contribution in [3.63, 3.8) is 0 Å². The number of thiazole rings is 1. The normalized spacial score (nSPS) is 16.8. The van der Waals surface area contributed by atoms with Gasteiger partial charge in [0.2, 0.25) is 5.91 Å². The predicted octanol–water partition coefficient (Wildman–Crippen LogP) is 6.23. The second-order valence-electron chi connectivity index (χ2n) is 8.68. The molecule has 1 aromatic heterocycles. The molecule has 3 aromatic carbocycles. The minimum Gasteiger partial charge on any atom is -0.479 e. The van der Waals surface area contributed by atoms with Gasteiger partial charge in [-0.2, -0.15) is 0 Å². The van der Waals surface area contributed by atoms with E-state index in [1.54, 1.807) is 23.1 Å². The predicted molar refractivity (Wildman–Crippen MR) is 142 cm³/mol. The summed E-state index contributed by atoms with van der Waals surface area (Å²) in [6.07, 6.45) is 1.48. The van der Waals surface area contributed by atoms with Gasteiger partial charge < -0.3 is 10.4 Å². The van der Waals surface area contributed by atoms with Crippen molar-refractivity contribution in [3.05, 3.63) is 82.9 Å². The Morgan fingerprint density at radius 1 is 1.03 bits per heavy atom. The van der Waals surface area contributed by atoms with Gasteiger partial charge in [-0.1, -0.05) is 65.8 Å². The number of aliphatic carboxylic acids is 1. The van der Waals surface area contributed by atoms with E-state index in [4.69, 9.17) is 11.6 Å². The SMILES string of the molecule is O=C(CCCSc1nc2ccccc2s1)NC1(C(=O)O)Cc2ccc(-c3ccc(Cl)cc3)cc2C1. The van der Waals surface area contributed by atoms with E-state index >= 15 is 0 Å². The van der Waals surface area contributed by atoms with Crippen LogP contribution in [-0.4, -0.2) is 33.3 Å². The van der Waals surface area contributed by atoms with Crippen LogP contribution in [0.1, 0.15) is 24.0 Å². The van der Waals surface area contributed by atoms with Crippen molar-refractivity contribution in [2.75, 3.05) is 5.75 Å². The number of aromatic nitrogens is 1. The van der Waals surface area contributed by atoms with Gasteiger partial charge in [-0.05, 0) is 52.9 Å². The summed E-state index contributed by atoms with van der Waals surface area (Å²) < 4.78 is 2.13. The average molecular weight is 523 g/mol. The zero-order chi connectivity index (χ0) is 24.4. The lowest BCUT2D eigenvalue weighted by Gasteiger charge is -2.25. The highest BCUT2D eigenvalue weighted by molar-refractivity contribution is 8.01. The van der Waals surface area contributed by atoms with Gasteiger partial charge in [0.05, 0.1) is 10.2 Å². The number of hydrogen-bond donors (Lipinski definition) is 2. The van der Waals surface area contributed by atoms with E-state index < -0.39 is 11.5 Å². The molecule has 1 unspecified atom stereocenters. The summed E-state index contributed by atoms with van der Waals surface area (Å²) in [5.41, 5.74) is 3.60. The van der Waals surface area contributed by atoms with Crippen LogP contribution in [0.15, 0.2) is 71.1 Å². The number of halogens is 1. The fraction of sp³-hybridized carbons (Fsp3) is 0.222. The zero-order valence-electron chi connectivity index (χ0n) is 18.8. The first-order valence-corrected chi connectivity index (χ1v) is 13.5. The largest absolute Gasteiger partial charge is 0.479 e. The Bertz CT molecular complexity index is 1370. The molecule has 35 heavy (non-hydrogen) atoms. The van der Waals surface area contributed by atoms with Gasteiger partial charge in [0.1, 0.15) is 5.54 Å². The zero-order valence-corrected chi connectivity index (χ0v) is 21.2. The Kier molecular flexibility index (Phi) is 6.82. The van der Waals surface area contributed by atoms with E-state index in [0.29, 0.717) is 11.4 Å². The van der Waals surface area contributed by atoms with E-state index in [9.17, 15) is 14.7 Å². The van der Waals surface area contributed by atoms with Gasteiger partial charge in [0.25, 0.3) is 0 Å². The molecular formula is C27H23ClN2O3S2. The van der Waals surface area contributed by atoms with Gasteiger partial charge in [-0.3, -0.25) is 4.79 Å². The van der Waals surface area contributed by atoms with Crippen molar-refractivity contribution < 1.29 is 14.7 Å². The van der Waals surface area contributed by atoms with Crippen molar-refractivity contribution in [1.82, 2.24) is 10.3 Å². The number of amides is 1. The smallest absolute Gasteiger partial charge is 0.330 e. The van der Waals surface area contributed by atoms with Gasteiger partial charge in [-0.15, -0.1) is 11.3 Å². The maximum Gasteiger partial charge on any atom is 0.330 e. The molecule has 1 aliphatic rings. The summed E-state index contributed by atoms with van der Waals surface area (Å²) in [4.78, 5) is 29.6. The van der Waals surface area contributed by atoms with E-state index in [1.807, 2.05) is 66.7 Å². The molecule has 0 bridgehead atoms. The van der Waals surface area contributed by atoms with Crippen molar-refractivity contribution in [2.45, 2.75) is 35.6 Å². The lowest BCUT2D eigenvalue weighted by atomic mass is 9.95. The molecule has 5 nitrogen and oxygen atoms in total. The van der Waals surface area contributed by atoms with E-state index in [0.717, 1.165) is 42.6 Å². The van der Waals surface area contributed by atoms with Crippen LogP contribution in [0.2, 0.25) is 5.02 Å². The number of thioether (sulfide) groups is 1. The molecule has 1 amide bonds. The molecule has 0 saturated carbocycles. The number of nitrogens with one attached hydrogen (secondary N) is 1. The van der Waals surface area contributed by atoms with Crippen LogP contribution >= 0.6 is 34.7 Å². The maximum absolute atomic E-state index is 12.7. The number of carbonyl (C=O) groups excluding carboxylic acids is 1. The monoisotopic (exact) mass is 522 g/mol. The third kappa shape index (κ3) is 5.22. The number of benzene rings is 3. The number of nitrogens with zero attached hydrogens (tertiary/aromatic N) is 1. The van der Waals surface area contributed by atoms with E-state index in [-0.39, 0.29) is 25.2 Å². The molecule has 0 fully saturated rings. The summed E-state index contributed by atoms with van der Waals surface area (Å²) in [5, 5.41) is 13.6. The highest BCUT2D eigenvalue weighted by Gasteiger charge is 2.45. The molecular weight excluding hydrogens is 500 g/mol. The average Bonchev–Trinajstić information content (AvgIpc) is 3.43. The topological polar surface area (TPSA) is 79.3 Å². The van der Waals surface area contributed by atoms with Crippen molar-refractivity contribution in [1.29, 1.82) is 0 Å². The summed E-state index contributed by atoms with van der Waals surface area (Å²) in [7, 11) is 0. The van der Waals surface area contributed by atoms with E-state index in [1.165, 1.54) is 0 Å². The molecule has 5 rings (SSSR count). The lowest BCUT2D eigenvalue weighted by Crippen LogP contribution is -2.55. The highest BCUT2D eigenvalue weighted by atomic mass is 35.5. The number of carboxylic acid groups (broad SMARTS) is 1. The lowest BCUT2D eigenvalue weighted by molar-refractivity contribution is -0.147. The van der Waals surface area contributed by atoms with Crippen LogP contribution in [0.5, 0.6) is 0 Å². The number of para-hydroxylation sites is 1. The number of carboxylic acids is 1. The minimum absolute atomic E-state index is 0.233. The maximum atomic E-state index is 12.7. The second kappa shape index (κ2) is 10.0. The van der Waals surface area contributed by atoms with E-state index in [2.05, 4.69) is 10.3 Å². The molecule has 8 heteroatoms. The fourth-order valence-corrected chi connectivity index (χ4v) is 6.63. The molecule has 0 saturated heterocycles. The fourth-order valence-electron chi connectivity index (χ4n) is 4.43. The highest BCUT2D eigenvalue weighted by Crippen LogP contribution is 2.34. The third-order valence-electron chi connectivity index (χ3n) is 6.20. The van der Waals surface area contributed by atoms with Crippen molar-refractivity contribution in [2.24, 2.45) is 0 Å². The Morgan fingerprint density at radius 2 is 1.77 bits per heavy atom. The summed E-state index contributed by atoms with van der Waals surface area (Å²) in [5.74, 6) is -0.486. The summed E-state index contributed by atoms with van der Waals surface area (Å²) in [6, 6.07) is 21.5. The number of fused-ring (bicyclic) bond motifs is 2. The van der Waals surface area contributed by atoms with Crippen LogP contribution in [-0.2, 0) is 22.4 Å². The molecule has 2 N–H and O–H groups in total. The van der Waals surface area contributed by atoms with Crippen LogP contribution in [0.3, 0.4) is 0 Å². The second-order valence-corrected chi connectivity index (χ2v) is 11.5. The van der Waals surface area contributed by atoms with Crippen LogP contribution < -0.4 is 5.32 Å². The third-order valence-corrected chi connectivity index (χ3v) is 8.72. The minimum atomic E-state index is -1.31.